The van der Waals surface area contributed by atoms with Crippen molar-refractivity contribution in [3.05, 3.63) is 119 Å². The number of anilines is 2. The summed E-state index contributed by atoms with van der Waals surface area (Å²) in [5.41, 5.74) is 2.11. The summed E-state index contributed by atoms with van der Waals surface area (Å²) in [6, 6.07) is 9.94. The van der Waals surface area contributed by atoms with Gasteiger partial charge in [0.15, 0.2) is 5.13 Å². The number of aryl methyl sites for hydroxylation is 1. The molecule has 34 heteroatoms. The molecular formula is C63H65N13O15S6. The van der Waals surface area contributed by atoms with Crippen molar-refractivity contribution in [2.24, 2.45) is 11.8 Å². The lowest BCUT2D eigenvalue weighted by atomic mass is 9.87. The first kappa shape index (κ1) is 70.6. The maximum absolute atomic E-state index is 14.4. The molecule has 0 radical (unpaired) electrons. The largest absolute Gasteiger partial charge is 0.469 e. The Bertz CT molecular complexity index is 4230. The third-order valence-electron chi connectivity index (χ3n) is 15.5. The second kappa shape index (κ2) is 32.7. The number of aliphatic hydroxyl groups is 1. The number of carbonyl (C=O) groups excluding carboxylic acids is 9. The maximum Gasteiger partial charge on any atom is 0.416 e. The van der Waals surface area contributed by atoms with Crippen molar-refractivity contribution >= 4 is 133 Å². The predicted octanol–water partition coefficient (Wildman–Crippen LogP) is 8.80. The van der Waals surface area contributed by atoms with Crippen LogP contribution in [0.1, 0.15) is 126 Å². The van der Waals surface area contributed by atoms with Gasteiger partial charge in [-0.25, -0.2) is 39.7 Å². The summed E-state index contributed by atoms with van der Waals surface area (Å²) < 4.78 is 26.2. The quantitative estimate of drug-likeness (QED) is 0.0265. The van der Waals surface area contributed by atoms with Crippen molar-refractivity contribution in [2.45, 2.75) is 89.2 Å². The molecule has 8 aromatic rings. The number of pyridine rings is 1. The minimum Gasteiger partial charge on any atom is -0.469 e. The van der Waals surface area contributed by atoms with Gasteiger partial charge in [0, 0.05) is 59.1 Å². The molecule has 1 saturated carbocycles. The molecule has 7 aromatic heterocycles. The molecule has 10 bridgehead atoms. The molecule has 1 aliphatic heterocycles. The Morgan fingerprint density at radius 3 is 2.19 bits per heavy atom. The number of aromatic nitrogens is 7. The van der Waals surface area contributed by atoms with Crippen molar-refractivity contribution in [3.8, 4) is 43.4 Å². The molecule has 10 rings (SSSR count). The summed E-state index contributed by atoms with van der Waals surface area (Å²) >= 11 is 6.75. The fourth-order valence-corrected chi connectivity index (χ4v) is 15.6. The monoisotopic (exact) mass is 1440 g/mol. The van der Waals surface area contributed by atoms with E-state index in [1.807, 2.05) is 0 Å². The molecule has 508 valence electrons. The zero-order valence-electron chi connectivity index (χ0n) is 52.9. The lowest BCUT2D eigenvalue weighted by Gasteiger charge is -2.28. The van der Waals surface area contributed by atoms with Gasteiger partial charge in [0.1, 0.15) is 83.3 Å². The zero-order valence-corrected chi connectivity index (χ0v) is 57.8. The van der Waals surface area contributed by atoms with E-state index in [1.165, 1.54) is 63.1 Å². The van der Waals surface area contributed by atoms with Gasteiger partial charge in [-0.15, -0.1) is 56.7 Å². The van der Waals surface area contributed by atoms with Crippen LogP contribution in [-0.2, 0) is 54.3 Å². The van der Waals surface area contributed by atoms with Crippen LogP contribution >= 0.6 is 68.0 Å². The van der Waals surface area contributed by atoms with Crippen LogP contribution in [0.3, 0.4) is 0 Å². The number of benzene rings is 1. The van der Waals surface area contributed by atoms with Gasteiger partial charge in [0.05, 0.1) is 69.4 Å². The van der Waals surface area contributed by atoms with Crippen LogP contribution in [0.4, 0.5) is 15.7 Å². The summed E-state index contributed by atoms with van der Waals surface area (Å²) in [5.74, 6) is -5.36. The van der Waals surface area contributed by atoms with Crippen LogP contribution in [0.15, 0.2) is 76.1 Å². The molecule has 2 aliphatic rings. The molecule has 0 saturated heterocycles. The normalized spacial score (nSPS) is 17.4. The number of nitrogens with zero attached hydrogens (tertiary/aromatic N) is 8. The van der Waals surface area contributed by atoms with Gasteiger partial charge in [-0.1, -0.05) is 53.8 Å². The Labute approximate surface area is 578 Å². The molecule has 0 spiro atoms. The molecule has 1 aromatic carbocycles. The number of hydrogen-bond donors (Lipinski definition) is 6. The van der Waals surface area contributed by atoms with Crippen molar-refractivity contribution < 1.29 is 71.9 Å². The van der Waals surface area contributed by atoms with Gasteiger partial charge in [0.2, 0.25) is 11.8 Å². The fourth-order valence-electron chi connectivity index (χ4n) is 10.4. The van der Waals surface area contributed by atoms with Crippen LogP contribution in [0.2, 0.25) is 0 Å². The molecule has 6 amide bonds. The number of nitrogens with one attached hydrogen (secondary N) is 5. The third-order valence-corrected chi connectivity index (χ3v) is 21.1. The van der Waals surface area contributed by atoms with Crippen LogP contribution in [0, 0.1) is 18.8 Å². The van der Waals surface area contributed by atoms with Gasteiger partial charge in [-0.2, -0.15) is 0 Å². The lowest BCUT2D eigenvalue weighted by molar-refractivity contribution is -0.148. The number of methoxy groups -OCH3 is 4. The van der Waals surface area contributed by atoms with Crippen LogP contribution < -0.4 is 31.5 Å². The van der Waals surface area contributed by atoms with Crippen LogP contribution in [0.25, 0.3) is 43.4 Å². The second-order valence-electron chi connectivity index (χ2n) is 21.9. The lowest BCUT2D eigenvalue weighted by Crippen LogP contribution is -2.40. The first-order valence-corrected chi connectivity index (χ1v) is 35.3. The van der Waals surface area contributed by atoms with E-state index in [2.05, 4.69) is 36.6 Å². The standard InChI is InChI=1S/C63H65N13O15S6/c1-31-47-54(83)75-62-74-49(42(97-62)26-87-3)53(82)65-25-45(78)72-50(51(80)32-12-8-7-9-13-32)59-70-41(29-94-59)57-68-39(27-93-57)48-36(55-69-40(28-92-55)52(81)67-38(24-44(77)64-2)58(73-47)96-31)20-21-37(66-48)56-71-43(30-95-56)76(63(86)91-35-18-15-34(16-19-35)61(85)90-6)23-11-10-14-33(60(84)89-5)17-22-46(79)88-4/h7-13,20-21,27-30,33-35,38,50-51,80H,14-19,22-26H2,1-6H3,(H,64,77)(H,65,82)(H,67,81)(H,72,78)(H,74,75,83)/b11-10+/t33?,34?,35?,38-,50-,51-/m0/s1. The smallest absolute Gasteiger partial charge is 0.416 e. The van der Waals surface area contributed by atoms with Crippen molar-refractivity contribution in [3.63, 3.8) is 0 Å². The summed E-state index contributed by atoms with van der Waals surface area (Å²) in [6.07, 6.45) is 2.65. The minimum atomic E-state index is -1.32. The molecule has 1 aliphatic carbocycles. The minimum absolute atomic E-state index is 0.0134. The fraction of sp³-hybridized carbons (Fsp3) is 0.365. The number of esters is 3. The molecule has 4 atom stereocenters. The Morgan fingerprint density at radius 1 is 0.711 bits per heavy atom. The number of thiazole rings is 6. The van der Waals surface area contributed by atoms with E-state index in [0.29, 0.717) is 89.4 Å². The summed E-state index contributed by atoms with van der Waals surface area (Å²) in [5, 5.41) is 33.9. The van der Waals surface area contributed by atoms with E-state index in [4.69, 9.17) is 48.6 Å². The Balaban J connectivity index is 1.02. The zero-order chi connectivity index (χ0) is 68.9. The topological polar surface area (TPSA) is 374 Å². The Hall–Kier alpha value is -9.16. The summed E-state index contributed by atoms with van der Waals surface area (Å²) in [7, 11) is 6.72. The first-order chi connectivity index (χ1) is 46.8. The van der Waals surface area contributed by atoms with Gasteiger partial charge < -0.3 is 50.1 Å². The van der Waals surface area contributed by atoms with Gasteiger partial charge in [-0.05, 0) is 63.1 Å². The van der Waals surface area contributed by atoms with E-state index in [-0.39, 0.29) is 83.8 Å². The van der Waals surface area contributed by atoms with Crippen molar-refractivity contribution in [1.82, 2.24) is 56.2 Å². The number of allylic oxidation sites excluding steroid dienone is 1. The van der Waals surface area contributed by atoms with Gasteiger partial charge in [-0.3, -0.25) is 48.6 Å². The van der Waals surface area contributed by atoms with E-state index < -0.39 is 84.3 Å². The highest BCUT2D eigenvalue weighted by molar-refractivity contribution is 7.16. The van der Waals surface area contributed by atoms with Gasteiger partial charge in [0.25, 0.3) is 17.7 Å². The Morgan fingerprint density at radius 2 is 1.44 bits per heavy atom. The molecule has 1 fully saturated rings. The SMILES string of the molecule is CNC(=O)C[C@@H]1NC(=O)c2csc(n2)-c2ccc(-c3nc(N(C/C=C/CC(CCC(=O)OC)C(=O)OC)C(=O)OC4CCC(C(=O)OC)CC4)cs3)nc2-c2csc(n2)-c2csc(n2)[C@H]([C@@H](O)c2ccccc2)NC(=O)CNC(=O)c2nc(sc2COC)NC(=O)c2nc1sc2C. The highest BCUT2D eigenvalue weighted by Crippen LogP contribution is 2.41. The number of rotatable bonds is 18. The highest BCUT2D eigenvalue weighted by Gasteiger charge is 2.34. The maximum atomic E-state index is 14.4. The van der Waals surface area contributed by atoms with E-state index in [0.717, 1.165) is 45.3 Å². The number of amides is 6. The average Bonchev–Trinajstić information content (AvgIpc) is 1.68. The number of aliphatic hydroxyl groups excluding tert-OH is 1. The molecular weight excluding hydrogens is 1370 g/mol. The first-order valence-electron chi connectivity index (χ1n) is 30.1. The number of carbonyl (C=O) groups is 9. The number of hydrogen-bond acceptors (Lipinski definition) is 28. The molecule has 97 heavy (non-hydrogen) atoms. The predicted molar refractivity (Wildman–Crippen MR) is 362 cm³/mol. The Kier molecular flexibility index (Phi) is 23.8. The molecule has 1 unspecified atom stereocenters. The second-order valence-corrected chi connectivity index (χ2v) is 27.7. The highest BCUT2D eigenvalue weighted by atomic mass is 32.1. The van der Waals surface area contributed by atoms with E-state index in [9.17, 15) is 48.3 Å². The summed E-state index contributed by atoms with van der Waals surface area (Å²) in [4.78, 5) is 157. The number of fused-ring (bicyclic) bond motifs is 14. The molecule has 8 heterocycles. The van der Waals surface area contributed by atoms with E-state index in [1.54, 1.807) is 83.1 Å². The third kappa shape index (κ3) is 17.3. The van der Waals surface area contributed by atoms with Crippen LogP contribution in [-0.4, -0.2) is 148 Å². The molecule has 6 N–H and O–H groups in total. The number of ether oxygens (including phenoxy) is 5. The molecule has 28 nitrogen and oxygen atoms in total. The van der Waals surface area contributed by atoms with E-state index >= 15 is 0 Å². The van der Waals surface area contributed by atoms with Gasteiger partial charge >= 0.3 is 24.0 Å². The van der Waals surface area contributed by atoms with Crippen LogP contribution in [0.5, 0.6) is 0 Å². The summed E-state index contributed by atoms with van der Waals surface area (Å²) in [6.45, 7) is 0.958. The van der Waals surface area contributed by atoms with Crippen molar-refractivity contribution in [1.29, 1.82) is 0 Å². The van der Waals surface area contributed by atoms with Crippen molar-refractivity contribution in [2.75, 3.05) is 58.8 Å². The average molecular weight is 1440 g/mol.